The Balaban J connectivity index is 1.61. The Hall–Kier alpha value is -3.25. The highest BCUT2D eigenvalue weighted by atomic mass is 79.9. The number of halogens is 1. The van der Waals surface area contributed by atoms with Crippen molar-refractivity contribution in [2.75, 3.05) is 4.90 Å². The molecule has 148 valence electrons. The zero-order valence-electron chi connectivity index (χ0n) is 16.1. The van der Waals surface area contributed by atoms with Crippen LogP contribution in [0.5, 0.6) is 0 Å². The Morgan fingerprint density at radius 3 is 1.87 bits per heavy atom. The number of fused-ring (bicyclic) bond motifs is 1. The lowest BCUT2D eigenvalue weighted by molar-refractivity contribution is -0.130. The predicted octanol–water partition coefficient (Wildman–Crippen LogP) is 4.51. The summed E-state index contributed by atoms with van der Waals surface area (Å²) < 4.78 is 0.821. The van der Waals surface area contributed by atoms with E-state index in [0.29, 0.717) is 11.1 Å². The Bertz CT molecular complexity index is 1170. The summed E-state index contributed by atoms with van der Waals surface area (Å²) in [6.07, 6.45) is 0. The van der Waals surface area contributed by atoms with Crippen LogP contribution in [0, 0.1) is 6.92 Å². The predicted molar refractivity (Wildman–Crippen MR) is 116 cm³/mol. The van der Waals surface area contributed by atoms with Crippen molar-refractivity contribution in [3.05, 3.63) is 99.5 Å². The van der Waals surface area contributed by atoms with Crippen LogP contribution in [0.4, 0.5) is 5.69 Å². The SMILES string of the molecule is Cc1ccc(N2C(=O)[C@@H](N3C(=O)c4ccccc4C3=O)[C@H]2c2ccccc2Br)cc1. The monoisotopic (exact) mass is 460 g/mol. The smallest absolute Gasteiger partial charge is 0.262 e. The summed E-state index contributed by atoms with van der Waals surface area (Å²) in [5.74, 6) is -1.11. The highest BCUT2D eigenvalue weighted by molar-refractivity contribution is 9.10. The maximum atomic E-state index is 13.3. The molecule has 1 fully saturated rings. The summed E-state index contributed by atoms with van der Waals surface area (Å²) in [4.78, 5) is 42.2. The van der Waals surface area contributed by atoms with Crippen LogP contribution in [0.15, 0.2) is 77.3 Å². The van der Waals surface area contributed by atoms with E-state index in [1.165, 1.54) is 0 Å². The van der Waals surface area contributed by atoms with Gasteiger partial charge in [0.15, 0.2) is 0 Å². The number of carbonyl (C=O) groups is 3. The molecule has 5 nitrogen and oxygen atoms in total. The van der Waals surface area contributed by atoms with Crippen LogP contribution in [0.2, 0.25) is 0 Å². The minimum atomic E-state index is -0.891. The zero-order valence-corrected chi connectivity index (χ0v) is 17.7. The van der Waals surface area contributed by atoms with E-state index < -0.39 is 23.9 Å². The molecule has 2 aliphatic heterocycles. The topological polar surface area (TPSA) is 57.7 Å². The summed E-state index contributed by atoms with van der Waals surface area (Å²) in [7, 11) is 0. The van der Waals surface area contributed by atoms with E-state index in [1.807, 2.05) is 55.5 Å². The summed E-state index contributed by atoms with van der Waals surface area (Å²) in [5.41, 5.74) is 3.35. The highest BCUT2D eigenvalue weighted by Gasteiger charge is 2.57. The van der Waals surface area contributed by atoms with Crippen LogP contribution in [0.3, 0.4) is 0 Å². The van der Waals surface area contributed by atoms with Crippen molar-refractivity contribution in [3.8, 4) is 0 Å². The van der Waals surface area contributed by atoms with Gasteiger partial charge in [0.25, 0.3) is 17.7 Å². The van der Waals surface area contributed by atoms with Crippen molar-refractivity contribution in [2.45, 2.75) is 19.0 Å². The Kier molecular flexibility index (Phi) is 4.33. The fraction of sp³-hybridized carbons (Fsp3) is 0.125. The third kappa shape index (κ3) is 2.64. The molecule has 0 spiro atoms. The molecule has 0 bridgehead atoms. The van der Waals surface area contributed by atoms with E-state index >= 15 is 0 Å². The normalized spacial score (nSPS) is 20.4. The molecule has 0 radical (unpaired) electrons. The lowest BCUT2D eigenvalue weighted by Crippen LogP contribution is -2.67. The molecule has 3 aromatic rings. The van der Waals surface area contributed by atoms with Crippen molar-refractivity contribution in [1.29, 1.82) is 0 Å². The molecule has 2 heterocycles. The standard InChI is InChI=1S/C24H17BrN2O3/c1-14-10-12-15(13-11-14)26-20(18-8-4-5-9-19(18)25)21(24(26)30)27-22(28)16-6-2-3-7-17(16)23(27)29/h2-13,20-21H,1H3/t20-,21+/m1/s1. The maximum absolute atomic E-state index is 13.3. The van der Waals surface area contributed by atoms with Crippen LogP contribution in [0.25, 0.3) is 0 Å². The Morgan fingerprint density at radius 2 is 1.27 bits per heavy atom. The molecule has 0 aromatic heterocycles. The van der Waals surface area contributed by atoms with Gasteiger partial charge in [0.1, 0.15) is 6.04 Å². The quantitative estimate of drug-likeness (QED) is 0.426. The molecule has 2 aliphatic rings. The van der Waals surface area contributed by atoms with Gasteiger partial charge >= 0.3 is 0 Å². The maximum Gasteiger partial charge on any atom is 0.262 e. The number of carbonyl (C=O) groups excluding carboxylic acids is 3. The molecule has 3 amide bonds. The first kappa shape index (κ1) is 18.8. The van der Waals surface area contributed by atoms with Gasteiger partial charge in [0, 0.05) is 10.2 Å². The number of anilines is 1. The van der Waals surface area contributed by atoms with Crippen LogP contribution >= 0.6 is 15.9 Å². The number of rotatable bonds is 3. The summed E-state index contributed by atoms with van der Waals surface area (Å²) in [6, 6.07) is 20.6. The molecule has 0 aliphatic carbocycles. The molecule has 2 atom stereocenters. The Labute approximate surface area is 182 Å². The van der Waals surface area contributed by atoms with Crippen LogP contribution in [-0.2, 0) is 4.79 Å². The van der Waals surface area contributed by atoms with E-state index in [9.17, 15) is 14.4 Å². The minimum Gasteiger partial charge on any atom is -0.300 e. The number of aryl methyl sites for hydroxylation is 1. The third-order valence-corrected chi connectivity index (χ3v) is 6.43. The van der Waals surface area contributed by atoms with E-state index in [1.54, 1.807) is 29.2 Å². The first-order chi connectivity index (χ1) is 14.5. The first-order valence-corrected chi connectivity index (χ1v) is 10.4. The number of hydrogen-bond acceptors (Lipinski definition) is 3. The molecule has 30 heavy (non-hydrogen) atoms. The summed E-state index contributed by atoms with van der Waals surface area (Å²) in [5, 5.41) is 0. The van der Waals surface area contributed by atoms with Crippen molar-refractivity contribution in [1.82, 2.24) is 4.90 Å². The second-order valence-corrected chi connectivity index (χ2v) is 8.34. The molecular weight excluding hydrogens is 444 g/mol. The molecule has 5 rings (SSSR count). The van der Waals surface area contributed by atoms with Gasteiger partial charge in [-0.05, 0) is 42.8 Å². The molecule has 0 N–H and O–H groups in total. The van der Waals surface area contributed by atoms with Gasteiger partial charge in [-0.3, -0.25) is 19.3 Å². The molecule has 1 saturated heterocycles. The zero-order chi connectivity index (χ0) is 21.0. The van der Waals surface area contributed by atoms with Gasteiger partial charge in [-0.1, -0.05) is 64.0 Å². The van der Waals surface area contributed by atoms with Crippen LogP contribution in [0.1, 0.15) is 37.9 Å². The van der Waals surface area contributed by atoms with Crippen molar-refractivity contribution < 1.29 is 14.4 Å². The number of benzene rings is 3. The van der Waals surface area contributed by atoms with E-state index in [-0.39, 0.29) is 5.91 Å². The summed E-state index contributed by atoms with van der Waals surface area (Å²) >= 11 is 3.57. The molecule has 6 heteroatoms. The van der Waals surface area contributed by atoms with Gasteiger partial charge < -0.3 is 4.90 Å². The van der Waals surface area contributed by atoms with Gasteiger partial charge in [0.2, 0.25) is 0 Å². The number of imide groups is 1. The van der Waals surface area contributed by atoms with Gasteiger partial charge in [-0.2, -0.15) is 0 Å². The number of hydrogen-bond donors (Lipinski definition) is 0. The lowest BCUT2D eigenvalue weighted by atomic mass is 9.86. The van der Waals surface area contributed by atoms with Crippen LogP contribution in [-0.4, -0.2) is 28.7 Å². The average Bonchev–Trinajstić information content (AvgIpc) is 3.00. The fourth-order valence-electron chi connectivity index (χ4n) is 4.20. The number of amides is 3. The minimum absolute atomic E-state index is 0.269. The lowest BCUT2D eigenvalue weighted by Gasteiger charge is -2.50. The number of nitrogens with zero attached hydrogens (tertiary/aromatic N) is 2. The second-order valence-electron chi connectivity index (χ2n) is 7.48. The molecule has 0 saturated carbocycles. The fourth-order valence-corrected chi connectivity index (χ4v) is 4.72. The van der Waals surface area contributed by atoms with E-state index in [2.05, 4.69) is 15.9 Å². The first-order valence-electron chi connectivity index (χ1n) is 9.60. The second kappa shape index (κ2) is 6.92. The molecule has 3 aromatic carbocycles. The van der Waals surface area contributed by atoms with Gasteiger partial charge in [0.05, 0.1) is 17.2 Å². The van der Waals surface area contributed by atoms with Crippen molar-refractivity contribution in [3.63, 3.8) is 0 Å². The molecule has 0 unspecified atom stereocenters. The largest absolute Gasteiger partial charge is 0.300 e. The van der Waals surface area contributed by atoms with Crippen LogP contribution < -0.4 is 4.90 Å². The van der Waals surface area contributed by atoms with Gasteiger partial charge in [-0.15, -0.1) is 0 Å². The van der Waals surface area contributed by atoms with Crippen molar-refractivity contribution in [2.24, 2.45) is 0 Å². The Morgan fingerprint density at radius 1 is 0.700 bits per heavy atom. The van der Waals surface area contributed by atoms with E-state index in [4.69, 9.17) is 0 Å². The van der Waals surface area contributed by atoms with Crippen molar-refractivity contribution >= 4 is 39.3 Å². The molecular formula is C24H17BrN2O3. The summed E-state index contributed by atoms with van der Waals surface area (Å²) in [6.45, 7) is 1.98. The highest BCUT2D eigenvalue weighted by Crippen LogP contribution is 2.45. The number of β-lactam (4-membered cyclic amide) rings is 1. The van der Waals surface area contributed by atoms with Gasteiger partial charge in [-0.25, -0.2) is 0 Å². The van der Waals surface area contributed by atoms with E-state index in [0.717, 1.165) is 26.2 Å². The third-order valence-electron chi connectivity index (χ3n) is 5.71. The average molecular weight is 461 g/mol.